The van der Waals surface area contributed by atoms with Crippen LogP contribution in [0.25, 0.3) is 16.3 Å². The van der Waals surface area contributed by atoms with Gasteiger partial charge in [0.1, 0.15) is 30.2 Å². The Bertz CT molecular complexity index is 1170. The highest BCUT2D eigenvalue weighted by Crippen LogP contribution is 2.38. The largest absolute Gasteiger partial charge is 0.507 e. The molecule has 2 fully saturated rings. The van der Waals surface area contributed by atoms with Crippen LogP contribution in [-0.4, -0.2) is 89.1 Å². The molecule has 7 unspecified atom stereocenters. The summed E-state index contributed by atoms with van der Waals surface area (Å²) in [6.07, 6.45) is -1.20. The zero-order valence-electron chi connectivity index (χ0n) is 19.8. The van der Waals surface area contributed by atoms with Crippen LogP contribution >= 0.6 is 11.3 Å². The van der Waals surface area contributed by atoms with Crippen LogP contribution in [0.5, 0.6) is 10.9 Å². The van der Waals surface area contributed by atoms with Gasteiger partial charge in [-0.2, -0.15) is 5.10 Å². The van der Waals surface area contributed by atoms with Crippen molar-refractivity contribution in [1.82, 2.24) is 25.3 Å². The average molecular weight is 506 g/mol. The van der Waals surface area contributed by atoms with E-state index in [9.17, 15) is 5.11 Å². The number of aromatic hydroxyl groups is 1. The van der Waals surface area contributed by atoms with E-state index < -0.39 is 30.5 Å². The molecule has 1 aromatic carbocycles. The van der Waals surface area contributed by atoms with E-state index in [0.29, 0.717) is 17.0 Å². The van der Waals surface area contributed by atoms with E-state index in [-0.39, 0.29) is 23.1 Å². The van der Waals surface area contributed by atoms with E-state index in [2.05, 4.69) is 20.6 Å². The summed E-state index contributed by atoms with van der Waals surface area (Å²) >= 11 is 1.15. The first-order valence-electron chi connectivity index (χ1n) is 11.3. The molecule has 0 aliphatic carbocycles. The van der Waals surface area contributed by atoms with Crippen LogP contribution in [0.3, 0.4) is 0 Å². The number of fused-ring (bicyclic) bond motifs is 2. The van der Waals surface area contributed by atoms with Crippen molar-refractivity contribution in [2.24, 2.45) is 0 Å². The number of hydrogen-bond acceptors (Lipinski definition) is 10. The van der Waals surface area contributed by atoms with Crippen LogP contribution in [0.2, 0.25) is 0 Å². The van der Waals surface area contributed by atoms with E-state index in [1.807, 2.05) is 25.3 Å². The second-order valence-electron chi connectivity index (χ2n) is 8.71. The van der Waals surface area contributed by atoms with Crippen molar-refractivity contribution < 1.29 is 28.4 Å². The number of phenols is 1. The maximum Gasteiger partial charge on any atom is 0.294 e. The molecule has 2 aliphatic rings. The molecule has 2 aromatic heterocycles. The lowest BCUT2D eigenvalue weighted by atomic mass is 9.78. The van der Waals surface area contributed by atoms with Gasteiger partial charge in [0.15, 0.2) is 11.2 Å². The predicted octanol–water partition coefficient (Wildman–Crippen LogP) is 2.28. The van der Waals surface area contributed by atoms with Crippen LogP contribution in [0.1, 0.15) is 12.1 Å². The third kappa shape index (κ3) is 4.40. The summed E-state index contributed by atoms with van der Waals surface area (Å²) in [5.74, 6) is 0.0367. The molecular formula is C23H28FN5O5S. The Balaban J connectivity index is 1.33. The summed E-state index contributed by atoms with van der Waals surface area (Å²) in [7, 11) is 4.71. The van der Waals surface area contributed by atoms with E-state index in [0.717, 1.165) is 22.7 Å². The number of hydrogen-bond donors (Lipinski definition) is 2. The molecule has 10 nitrogen and oxygen atoms in total. The summed E-state index contributed by atoms with van der Waals surface area (Å²) in [5, 5.41) is 27.2. The Morgan fingerprint density at radius 1 is 1.09 bits per heavy atom. The summed E-state index contributed by atoms with van der Waals surface area (Å²) in [6, 6.07) is 6.28. The quantitative estimate of drug-likeness (QED) is 0.499. The first-order chi connectivity index (χ1) is 16.9. The average Bonchev–Trinajstić information content (AvgIpc) is 3.50. The molecule has 35 heavy (non-hydrogen) atoms. The van der Waals surface area contributed by atoms with Crippen molar-refractivity contribution >= 4 is 11.3 Å². The number of benzene rings is 1. The van der Waals surface area contributed by atoms with Gasteiger partial charge < -0.3 is 29.4 Å². The monoisotopic (exact) mass is 505 g/mol. The van der Waals surface area contributed by atoms with E-state index in [1.54, 1.807) is 31.0 Å². The molecule has 5 rings (SSSR count). The molecule has 0 spiro atoms. The minimum atomic E-state index is -1.36. The molecule has 0 radical (unpaired) electrons. The number of aryl methyl sites for hydroxylation is 1. The molecule has 4 heterocycles. The van der Waals surface area contributed by atoms with Crippen molar-refractivity contribution in [2.75, 3.05) is 21.3 Å². The lowest BCUT2D eigenvalue weighted by Gasteiger charge is -2.51. The Morgan fingerprint density at radius 3 is 2.51 bits per heavy atom. The van der Waals surface area contributed by atoms with Gasteiger partial charge in [0, 0.05) is 46.1 Å². The van der Waals surface area contributed by atoms with E-state index >= 15 is 4.39 Å². The number of aromatic nitrogens is 4. The van der Waals surface area contributed by atoms with Crippen LogP contribution in [-0.2, 0) is 14.2 Å². The lowest BCUT2D eigenvalue weighted by molar-refractivity contribution is -0.182. The van der Waals surface area contributed by atoms with Crippen molar-refractivity contribution in [2.45, 2.75) is 56.0 Å². The Kier molecular flexibility index (Phi) is 6.73. The topological polar surface area (TPSA) is 113 Å². The molecule has 2 aliphatic heterocycles. The summed E-state index contributed by atoms with van der Waals surface area (Å²) < 4.78 is 40.0. The number of phenolic OH excluding ortho intramolecular Hbond substituents is 1. The SMILES string of the molecule is COC1C2CC(Oc3nnc(-c4ccc(-n5ccc(C)n5)cc4O)s3)C(F)C(N2)C(OC)C1OC. The second kappa shape index (κ2) is 9.78. The molecule has 2 bridgehead atoms. The standard InChI is InChI=1S/C23H28FN5O5S/c1-11-7-8-29(28-11)12-5-6-13(15(30)9-12)22-26-27-23(35-22)34-16-10-14-19(31-2)21(33-4)20(32-3)18(25-14)17(16)24/h5-9,14,16-21,25,30H,10H2,1-4H3. The number of nitrogens with zero attached hydrogens (tertiary/aromatic N) is 4. The third-order valence-corrected chi connectivity index (χ3v) is 7.51. The van der Waals surface area contributed by atoms with Gasteiger partial charge in [-0.3, -0.25) is 0 Å². The molecule has 0 saturated carbocycles. The van der Waals surface area contributed by atoms with Gasteiger partial charge in [0.05, 0.1) is 23.0 Å². The molecule has 7 atom stereocenters. The molecule has 188 valence electrons. The summed E-state index contributed by atoms with van der Waals surface area (Å²) in [5.41, 5.74) is 2.10. The first-order valence-corrected chi connectivity index (χ1v) is 12.1. The lowest BCUT2D eigenvalue weighted by Crippen LogP contribution is -2.74. The minimum Gasteiger partial charge on any atom is -0.507 e. The fourth-order valence-corrected chi connectivity index (χ4v) is 5.79. The van der Waals surface area contributed by atoms with Crippen molar-refractivity contribution in [3.8, 4) is 27.2 Å². The smallest absolute Gasteiger partial charge is 0.294 e. The third-order valence-electron chi connectivity index (χ3n) is 6.66. The number of ether oxygens (including phenoxy) is 4. The number of nitrogens with one attached hydrogen (secondary N) is 1. The zero-order valence-corrected chi connectivity index (χ0v) is 20.6. The summed E-state index contributed by atoms with van der Waals surface area (Å²) in [6.45, 7) is 1.89. The van der Waals surface area contributed by atoms with Crippen LogP contribution < -0.4 is 10.1 Å². The molecular weight excluding hydrogens is 477 g/mol. The van der Waals surface area contributed by atoms with Gasteiger partial charge in [0.2, 0.25) is 0 Å². The predicted molar refractivity (Wildman–Crippen MR) is 126 cm³/mol. The number of methoxy groups -OCH3 is 3. The van der Waals surface area contributed by atoms with Crippen LogP contribution in [0.15, 0.2) is 30.5 Å². The minimum absolute atomic E-state index is 0.0367. The molecule has 12 heteroatoms. The van der Waals surface area contributed by atoms with Gasteiger partial charge >= 0.3 is 0 Å². The van der Waals surface area contributed by atoms with Crippen molar-refractivity contribution in [3.05, 3.63) is 36.2 Å². The highest BCUT2D eigenvalue weighted by Gasteiger charge is 2.55. The Hall–Kier alpha value is -2.64. The van der Waals surface area contributed by atoms with Gasteiger partial charge in [-0.05, 0) is 25.1 Å². The maximum absolute atomic E-state index is 15.5. The summed E-state index contributed by atoms with van der Waals surface area (Å²) in [4.78, 5) is 0. The second-order valence-corrected chi connectivity index (χ2v) is 9.65. The normalized spacial score (nSPS) is 30.4. The van der Waals surface area contributed by atoms with Gasteiger partial charge in [-0.25, -0.2) is 9.07 Å². The van der Waals surface area contributed by atoms with Gasteiger partial charge in [0.25, 0.3) is 5.19 Å². The van der Waals surface area contributed by atoms with E-state index in [4.69, 9.17) is 18.9 Å². The fourth-order valence-electron chi connectivity index (χ4n) is 5.00. The van der Waals surface area contributed by atoms with E-state index in [1.165, 1.54) is 7.11 Å². The zero-order chi connectivity index (χ0) is 24.7. The number of rotatable bonds is 7. The highest BCUT2D eigenvalue weighted by atomic mass is 32.1. The van der Waals surface area contributed by atoms with Crippen molar-refractivity contribution in [3.63, 3.8) is 0 Å². The number of alkyl halides is 1. The van der Waals surface area contributed by atoms with Gasteiger partial charge in [-0.15, -0.1) is 5.10 Å². The number of halogens is 1. The molecule has 0 amide bonds. The van der Waals surface area contributed by atoms with Crippen LogP contribution in [0, 0.1) is 6.92 Å². The molecule has 2 saturated heterocycles. The molecule has 3 aromatic rings. The first kappa shape index (κ1) is 24.1. The Labute approximate surface area is 206 Å². The Morgan fingerprint density at radius 2 is 1.86 bits per heavy atom. The fraction of sp³-hybridized carbons (Fsp3) is 0.522. The highest BCUT2D eigenvalue weighted by molar-refractivity contribution is 7.16. The molecule has 2 N–H and O–H groups in total. The van der Waals surface area contributed by atoms with Gasteiger partial charge in [-0.1, -0.05) is 16.4 Å². The van der Waals surface area contributed by atoms with Crippen molar-refractivity contribution in [1.29, 1.82) is 0 Å². The number of piperidine rings is 2. The maximum atomic E-state index is 15.5. The van der Waals surface area contributed by atoms with Crippen LogP contribution in [0.4, 0.5) is 4.39 Å².